The zero-order chi connectivity index (χ0) is 14.5. The van der Waals surface area contributed by atoms with E-state index in [1.807, 2.05) is 0 Å². The molecule has 108 valence electrons. The smallest absolute Gasteiger partial charge is 0.303 e. The molecule has 1 aliphatic rings. The first-order valence-electron chi connectivity index (χ1n) is 6.55. The number of nitrogens with zero attached hydrogens (tertiary/aromatic N) is 3. The summed E-state index contributed by atoms with van der Waals surface area (Å²) in [5.74, 6) is -0.530. The lowest BCUT2D eigenvalue weighted by molar-refractivity contribution is -0.137. The highest BCUT2D eigenvalue weighted by Gasteiger charge is 2.24. The molecule has 0 saturated carbocycles. The van der Waals surface area contributed by atoms with Crippen molar-refractivity contribution >= 4 is 23.5 Å². The predicted octanol–water partition coefficient (Wildman–Crippen LogP) is 1.85. The summed E-state index contributed by atoms with van der Waals surface area (Å²) in [5, 5.41) is 8.92. The van der Waals surface area contributed by atoms with Gasteiger partial charge in [-0.3, -0.25) is 9.59 Å². The largest absolute Gasteiger partial charge is 0.481 e. The maximum absolute atomic E-state index is 12.2. The molecule has 7 heteroatoms. The summed E-state index contributed by atoms with van der Waals surface area (Å²) < 4.78 is 0. The molecule has 1 fully saturated rings. The second kappa shape index (κ2) is 6.65. The van der Waals surface area contributed by atoms with Crippen molar-refractivity contribution in [3.63, 3.8) is 0 Å². The van der Waals surface area contributed by atoms with E-state index in [2.05, 4.69) is 9.97 Å². The Hall–Kier alpha value is -1.69. The van der Waals surface area contributed by atoms with Crippen LogP contribution >= 0.6 is 11.6 Å². The number of carbonyl (C=O) groups excluding carboxylic acids is 1. The Kier molecular flexibility index (Phi) is 4.89. The van der Waals surface area contributed by atoms with Gasteiger partial charge in [0.15, 0.2) is 0 Å². The number of aromatic nitrogens is 2. The summed E-state index contributed by atoms with van der Waals surface area (Å²) in [6.07, 6.45) is 5.27. The number of halogens is 1. The summed E-state index contributed by atoms with van der Waals surface area (Å²) in [6, 6.07) is 0. The van der Waals surface area contributed by atoms with Crippen molar-refractivity contribution in [1.29, 1.82) is 0 Å². The standard InChI is InChI=1S/C13H16ClN3O3/c14-11-8-15-10(7-16-11)13(20)17-5-3-9(4-6-17)1-2-12(18)19/h7-9H,1-6H2,(H,18,19). The van der Waals surface area contributed by atoms with E-state index in [1.54, 1.807) is 4.90 Å². The van der Waals surface area contributed by atoms with Crippen LogP contribution in [-0.2, 0) is 4.79 Å². The van der Waals surface area contributed by atoms with Gasteiger partial charge in [0.05, 0.1) is 12.4 Å². The maximum atomic E-state index is 12.2. The lowest BCUT2D eigenvalue weighted by Crippen LogP contribution is -2.39. The Bertz CT molecular complexity index is 484. The van der Waals surface area contributed by atoms with Crippen molar-refractivity contribution in [3.05, 3.63) is 23.2 Å². The Balaban J connectivity index is 1.85. The van der Waals surface area contributed by atoms with Gasteiger partial charge in [-0.05, 0) is 25.2 Å². The van der Waals surface area contributed by atoms with Crippen LogP contribution in [0.5, 0.6) is 0 Å². The first kappa shape index (κ1) is 14.7. The third kappa shape index (κ3) is 3.90. The Morgan fingerprint density at radius 1 is 1.30 bits per heavy atom. The van der Waals surface area contributed by atoms with Crippen molar-refractivity contribution in [1.82, 2.24) is 14.9 Å². The third-order valence-electron chi connectivity index (χ3n) is 3.51. The molecule has 0 aromatic carbocycles. The lowest BCUT2D eigenvalue weighted by atomic mass is 9.92. The van der Waals surface area contributed by atoms with Gasteiger partial charge in [-0.2, -0.15) is 0 Å². The fourth-order valence-corrected chi connectivity index (χ4v) is 2.43. The third-order valence-corrected chi connectivity index (χ3v) is 3.70. The van der Waals surface area contributed by atoms with Crippen LogP contribution in [0.1, 0.15) is 36.2 Å². The molecule has 20 heavy (non-hydrogen) atoms. The normalized spacial score (nSPS) is 16.1. The molecule has 1 aromatic heterocycles. The highest BCUT2D eigenvalue weighted by Crippen LogP contribution is 2.22. The van der Waals surface area contributed by atoms with Crippen molar-refractivity contribution in [2.75, 3.05) is 13.1 Å². The Labute approximate surface area is 121 Å². The van der Waals surface area contributed by atoms with Crippen LogP contribution in [0.15, 0.2) is 12.4 Å². The number of carboxylic acid groups (broad SMARTS) is 1. The molecule has 1 amide bonds. The van der Waals surface area contributed by atoms with E-state index in [9.17, 15) is 9.59 Å². The first-order chi connectivity index (χ1) is 9.56. The second-order valence-corrected chi connectivity index (χ2v) is 5.28. The highest BCUT2D eigenvalue weighted by molar-refractivity contribution is 6.29. The number of carboxylic acids is 1. The van der Waals surface area contributed by atoms with Gasteiger partial charge in [-0.15, -0.1) is 0 Å². The molecule has 0 spiro atoms. The van der Waals surface area contributed by atoms with Crippen LogP contribution in [-0.4, -0.2) is 44.9 Å². The van der Waals surface area contributed by atoms with Crippen LogP contribution < -0.4 is 0 Å². The van der Waals surface area contributed by atoms with Crippen molar-refractivity contribution in [2.24, 2.45) is 5.92 Å². The predicted molar refractivity (Wildman–Crippen MR) is 72.5 cm³/mol. The molecule has 2 heterocycles. The number of aliphatic carboxylic acids is 1. The van der Waals surface area contributed by atoms with Crippen LogP contribution in [0.25, 0.3) is 0 Å². The summed E-state index contributed by atoms with van der Waals surface area (Å²) in [7, 11) is 0. The molecule has 0 unspecified atom stereocenters. The minimum Gasteiger partial charge on any atom is -0.481 e. The number of amides is 1. The molecule has 0 bridgehead atoms. The molecule has 0 aliphatic carbocycles. The van der Waals surface area contributed by atoms with Crippen molar-refractivity contribution < 1.29 is 14.7 Å². The molecule has 1 N–H and O–H groups in total. The van der Waals surface area contributed by atoms with E-state index in [-0.39, 0.29) is 17.5 Å². The summed E-state index contributed by atoms with van der Waals surface area (Å²) >= 11 is 5.64. The fraction of sp³-hybridized carbons (Fsp3) is 0.538. The van der Waals surface area contributed by atoms with E-state index < -0.39 is 5.97 Å². The van der Waals surface area contributed by atoms with E-state index in [1.165, 1.54) is 12.4 Å². The Morgan fingerprint density at radius 2 is 2.00 bits per heavy atom. The quantitative estimate of drug-likeness (QED) is 0.917. The highest BCUT2D eigenvalue weighted by atomic mass is 35.5. The van der Waals surface area contributed by atoms with E-state index in [4.69, 9.17) is 16.7 Å². The van der Waals surface area contributed by atoms with Gasteiger partial charge in [0.2, 0.25) is 0 Å². The van der Waals surface area contributed by atoms with E-state index in [0.29, 0.717) is 31.1 Å². The molecule has 6 nitrogen and oxygen atoms in total. The number of hydrogen-bond donors (Lipinski definition) is 1. The monoisotopic (exact) mass is 297 g/mol. The van der Waals surface area contributed by atoms with Gasteiger partial charge >= 0.3 is 5.97 Å². The molecule has 0 atom stereocenters. The Morgan fingerprint density at radius 3 is 2.55 bits per heavy atom. The molecule has 1 saturated heterocycles. The molecular weight excluding hydrogens is 282 g/mol. The zero-order valence-electron chi connectivity index (χ0n) is 11.0. The SMILES string of the molecule is O=C(O)CCC1CCN(C(=O)c2cnc(Cl)cn2)CC1. The fourth-order valence-electron chi connectivity index (χ4n) is 2.34. The molecular formula is C13H16ClN3O3. The minimum absolute atomic E-state index is 0.147. The van der Waals surface area contributed by atoms with Gasteiger partial charge in [-0.25, -0.2) is 9.97 Å². The number of likely N-dealkylation sites (tertiary alicyclic amines) is 1. The van der Waals surface area contributed by atoms with Crippen molar-refractivity contribution in [2.45, 2.75) is 25.7 Å². The number of rotatable bonds is 4. The minimum atomic E-state index is -0.764. The van der Waals surface area contributed by atoms with Gasteiger partial charge < -0.3 is 10.0 Å². The average molecular weight is 298 g/mol. The number of hydrogen-bond acceptors (Lipinski definition) is 4. The lowest BCUT2D eigenvalue weighted by Gasteiger charge is -2.31. The summed E-state index contributed by atoms with van der Waals surface area (Å²) in [6.45, 7) is 1.26. The number of carbonyl (C=O) groups is 2. The van der Waals surface area contributed by atoms with Crippen LogP contribution in [0.3, 0.4) is 0 Å². The van der Waals surface area contributed by atoms with Gasteiger partial charge in [0.25, 0.3) is 5.91 Å². The van der Waals surface area contributed by atoms with Crippen LogP contribution in [0, 0.1) is 5.92 Å². The van der Waals surface area contributed by atoms with Crippen LogP contribution in [0.4, 0.5) is 0 Å². The van der Waals surface area contributed by atoms with Crippen molar-refractivity contribution in [3.8, 4) is 0 Å². The average Bonchev–Trinajstić information content (AvgIpc) is 2.46. The summed E-state index contributed by atoms with van der Waals surface area (Å²) in [5.41, 5.74) is 0.290. The van der Waals surface area contributed by atoms with Crippen LogP contribution in [0.2, 0.25) is 5.15 Å². The van der Waals surface area contributed by atoms with Gasteiger partial charge in [-0.1, -0.05) is 11.6 Å². The molecule has 1 aromatic rings. The second-order valence-electron chi connectivity index (χ2n) is 4.89. The van der Waals surface area contributed by atoms with Gasteiger partial charge in [0.1, 0.15) is 10.8 Å². The summed E-state index contributed by atoms with van der Waals surface area (Å²) in [4.78, 5) is 32.3. The van der Waals surface area contributed by atoms with Gasteiger partial charge in [0, 0.05) is 19.5 Å². The number of piperidine rings is 1. The zero-order valence-corrected chi connectivity index (χ0v) is 11.7. The maximum Gasteiger partial charge on any atom is 0.303 e. The topological polar surface area (TPSA) is 83.4 Å². The van der Waals surface area contributed by atoms with E-state index in [0.717, 1.165) is 12.8 Å². The molecule has 1 aliphatic heterocycles. The van der Waals surface area contributed by atoms with E-state index >= 15 is 0 Å². The first-order valence-corrected chi connectivity index (χ1v) is 6.92. The molecule has 2 rings (SSSR count). The molecule has 0 radical (unpaired) electrons.